The number of rotatable bonds is 5. The summed E-state index contributed by atoms with van der Waals surface area (Å²) >= 11 is 0. The molecule has 2 aliphatic carbocycles. The smallest absolute Gasteiger partial charge is 0.0297 e. The Bertz CT molecular complexity index is 417. The van der Waals surface area contributed by atoms with Crippen molar-refractivity contribution < 1.29 is 0 Å². The number of benzene rings is 1. The molecule has 1 aromatic carbocycles. The lowest BCUT2D eigenvalue weighted by Gasteiger charge is -2.25. The zero-order valence-electron chi connectivity index (χ0n) is 11.9. The van der Waals surface area contributed by atoms with Crippen LogP contribution in [0.3, 0.4) is 0 Å². The van der Waals surface area contributed by atoms with Crippen LogP contribution in [-0.4, -0.2) is 6.04 Å². The first-order valence-corrected chi connectivity index (χ1v) is 7.48. The third-order valence-electron chi connectivity index (χ3n) is 4.60. The molecule has 0 aliphatic heterocycles. The van der Waals surface area contributed by atoms with Gasteiger partial charge in [0.2, 0.25) is 0 Å². The van der Waals surface area contributed by atoms with Crippen LogP contribution in [0.15, 0.2) is 18.2 Å². The average molecular weight is 243 g/mol. The lowest BCUT2D eigenvalue weighted by atomic mass is 9.98. The van der Waals surface area contributed by atoms with E-state index >= 15 is 0 Å². The fourth-order valence-electron chi connectivity index (χ4n) is 3.17. The quantitative estimate of drug-likeness (QED) is 0.819. The van der Waals surface area contributed by atoms with Gasteiger partial charge < -0.3 is 5.32 Å². The summed E-state index contributed by atoms with van der Waals surface area (Å²) in [7, 11) is 0. The molecule has 0 radical (unpaired) electrons. The maximum Gasteiger partial charge on any atom is 0.0297 e. The van der Waals surface area contributed by atoms with Gasteiger partial charge in [0.05, 0.1) is 0 Å². The zero-order valence-corrected chi connectivity index (χ0v) is 11.9. The van der Waals surface area contributed by atoms with Gasteiger partial charge in [-0.25, -0.2) is 0 Å². The van der Waals surface area contributed by atoms with E-state index in [0.29, 0.717) is 6.04 Å². The Labute approximate surface area is 111 Å². The minimum atomic E-state index is 0.496. The molecule has 0 saturated heterocycles. The summed E-state index contributed by atoms with van der Waals surface area (Å²) < 4.78 is 0. The molecule has 18 heavy (non-hydrogen) atoms. The van der Waals surface area contributed by atoms with Gasteiger partial charge in [-0.05, 0) is 69.4 Å². The molecule has 1 heteroatoms. The van der Waals surface area contributed by atoms with Crippen molar-refractivity contribution in [3.63, 3.8) is 0 Å². The minimum absolute atomic E-state index is 0.496. The van der Waals surface area contributed by atoms with Crippen molar-refractivity contribution in [1.29, 1.82) is 0 Å². The predicted molar refractivity (Wildman–Crippen MR) is 76.7 cm³/mol. The van der Waals surface area contributed by atoms with Gasteiger partial charge in [0.15, 0.2) is 0 Å². The van der Waals surface area contributed by atoms with Gasteiger partial charge in [0.25, 0.3) is 0 Å². The van der Waals surface area contributed by atoms with Crippen molar-refractivity contribution in [2.75, 3.05) is 0 Å². The van der Waals surface area contributed by atoms with Gasteiger partial charge in [-0.2, -0.15) is 0 Å². The maximum absolute atomic E-state index is 3.93. The molecule has 1 aromatic rings. The SMILES string of the molecule is Cc1ccc(C)c(C(C)NC(C2CC2)C2CC2)c1. The van der Waals surface area contributed by atoms with Crippen molar-refractivity contribution in [1.82, 2.24) is 5.32 Å². The van der Waals surface area contributed by atoms with Crippen LogP contribution in [0.4, 0.5) is 0 Å². The summed E-state index contributed by atoms with van der Waals surface area (Å²) in [6.07, 6.45) is 5.81. The molecule has 1 atom stereocenters. The average Bonchev–Trinajstić information content (AvgIpc) is 3.21. The molecule has 1 N–H and O–H groups in total. The van der Waals surface area contributed by atoms with E-state index < -0.39 is 0 Å². The zero-order chi connectivity index (χ0) is 12.7. The van der Waals surface area contributed by atoms with E-state index in [1.165, 1.54) is 42.4 Å². The topological polar surface area (TPSA) is 12.0 Å². The van der Waals surface area contributed by atoms with Crippen LogP contribution >= 0.6 is 0 Å². The second-order valence-electron chi connectivity index (χ2n) is 6.45. The van der Waals surface area contributed by atoms with E-state index in [0.717, 1.165) is 17.9 Å². The Kier molecular flexibility index (Phi) is 3.19. The Morgan fingerprint density at radius 1 is 1.06 bits per heavy atom. The number of hydrogen-bond acceptors (Lipinski definition) is 1. The summed E-state index contributed by atoms with van der Waals surface area (Å²) in [6, 6.07) is 8.11. The minimum Gasteiger partial charge on any atom is -0.307 e. The highest BCUT2D eigenvalue weighted by molar-refractivity contribution is 5.32. The molecule has 1 unspecified atom stereocenters. The Morgan fingerprint density at radius 2 is 1.67 bits per heavy atom. The second kappa shape index (κ2) is 4.70. The summed E-state index contributed by atoms with van der Waals surface area (Å²) in [5.74, 6) is 1.95. The van der Waals surface area contributed by atoms with E-state index in [9.17, 15) is 0 Å². The monoisotopic (exact) mass is 243 g/mol. The highest BCUT2D eigenvalue weighted by Gasteiger charge is 2.41. The van der Waals surface area contributed by atoms with Gasteiger partial charge >= 0.3 is 0 Å². The molecular weight excluding hydrogens is 218 g/mol. The molecule has 1 nitrogen and oxygen atoms in total. The van der Waals surface area contributed by atoms with Gasteiger partial charge in [0, 0.05) is 12.1 Å². The normalized spacial score (nSPS) is 21.3. The number of hydrogen-bond donors (Lipinski definition) is 1. The third kappa shape index (κ3) is 2.61. The molecule has 3 rings (SSSR count). The molecule has 2 aliphatic rings. The van der Waals surface area contributed by atoms with Crippen molar-refractivity contribution in [2.45, 2.75) is 58.5 Å². The second-order valence-corrected chi connectivity index (χ2v) is 6.45. The number of nitrogens with one attached hydrogen (secondary N) is 1. The first-order valence-electron chi connectivity index (χ1n) is 7.48. The molecule has 0 heterocycles. The fourth-order valence-corrected chi connectivity index (χ4v) is 3.17. The summed E-state index contributed by atoms with van der Waals surface area (Å²) in [4.78, 5) is 0. The largest absolute Gasteiger partial charge is 0.307 e. The summed E-state index contributed by atoms with van der Waals surface area (Å²) in [5.41, 5.74) is 4.28. The number of aryl methyl sites for hydroxylation is 2. The van der Waals surface area contributed by atoms with E-state index in [4.69, 9.17) is 0 Å². The van der Waals surface area contributed by atoms with Gasteiger partial charge in [-0.1, -0.05) is 23.8 Å². The maximum atomic E-state index is 3.93. The van der Waals surface area contributed by atoms with Crippen LogP contribution < -0.4 is 5.32 Å². The Hall–Kier alpha value is -0.820. The van der Waals surface area contributed by atoms with E-state index in [1.54, 1.807) is 0 Å². The van der Waals surface area contributed by atoms with Crippen molar-refractivity contribution in [3.8, 4) is 0 Å². The summed E-state index contributed by atoms with van der Waals surface area (Å²) in [6.45, 7) is 6.75. The van der Waals surface area contributed by atoms with Crippen LogP contribution in [0.25, 0.3) is 0 Å². The van der Waals surface area contributed by atoms with E-state index in [1.807, 2.05) is 0 Å². The van der Waals surface area contributed by atoms with Crippen molar-refractivity contribution in [3.05, 3.63) is 34.9 Å². The lowest BCUT2D eigenvalue weighted by molar-refractivity contribution is 0.377. The van der Waals surface area contributed by atoms with E-state index in [-0.39, 0.29) is 0 Å². The highest BCUT2D eigenvalue weighted by Crippen LogP contribution is 2.45. The first kappa shape index (κ1) is 12.2. The van der Waals surface area contributed by atoms with Crippen molar-refractivity contribution in [2.24, 2.45) is 11.8 Å². The highest BCUT2D eigenvalue weighted by atomic mass is 15.0. The fraction of sp³-hybridized carbons (Fsp3) is 0.647. The molecule has 0 aromatic heterocycles. The van der Waals surface area contributed by atoms with Crippen LogP contribution in [-0.2, 0) is 0 Å². The Balaban J connectivity index is 1.72. The lowest BCUT2D eigenvalue weighted by Crippen LogP contribution is -2.35. The van der Waals surface area contributed by atoms with Crippen LogP contribution in [0.5, 0.6) is 0 Å². The molecule has 2 fully saturated rings. The van der Waals surface area contributed by atoms with Gasteiger partial charge in [-0.3, -0.25) is 0 Å². The van der Waals surface area contributed by atoms with Crippen LogP contribution in [0.1, 0.15) is 55.3 Å². The van der Waals surface area contributed by atoms with Crippen molar-refractivity contribution >= 4 is 0 Å². The molecular formula is C17H25N. The third-order valence-corrected chi connectivity index (χ3v) is 4.60. The first-order chi connectivity index (χ1) is 8.65. The van der Waals surface area contributed by atoms with E-state index in [2.05, 4.69) is 44.3 Å². The van der Waals surface area contributed by atoms with Crippen LogP contribution in [0.2, 0.25) is 0 Å². The van der Waals surface area contributed by atoms with Gasteiger partial charge in [0.1, 0.15) is 0 Å². The molecule has 0 spiro atoms. The molecule has 2 saturated carbocycles. The summed E-state index contributed by atoms with van der Waals surface area (Å²) in [5, 5.41) is 3.93. The molecule has 98 valence electrons. The molecule has 0 bridgehead atoms. The predicted octanol–water partition coefficient (Wildman–Crippen LogP) is 4.14. The standard InChI is InChI=1S/C17H25N/c1-11-4-5-12(2)16(10-11)13(3)18-17(14-6-7-14)15-8-9-15/h4-5,10,13-15,17-18H,6-9H2,1-3H3. The van der Waals surface area contributed by atoms with Crippen LogP contribution in [0, 0.1) is 25.7 Å². The van der Waals surface area contributed by atoms with Gasteiger partial charge in [-0.15, -0.1) is 0 Å². The Morgan fingerprint density at radius 3 is 2.22 bits per heavy atom. The molecule has 0 amide bonds.